The molecule has 0 radical (unpaired) electrons. The van der Waals surface area contributed by atoms with Crippen LogP contribution in [0.4, 0.5) is 20.6 Å². The summed E-state index contributed by atoms with van der Waals surface area (Å²) >= 11 is 6.61. The van der Waals surface area contributed by atoms with Crippen molar-refractivity contribution < 1.29 is 22.7 Å². The number of nitrogens with zero attached hydrogens (tertiary/aromatic N) is 5. The number of rotatable bonds is 3. The van der Waals surface area contributed by atoms with Crippen LogP contribution < -0.4 is 15.4 Å². The molecule has 3 saturated heterocycles. The van der Waals surface area contributed by atoms with Gasteiger partial charge in [0.2, 0.25) is 0 Å². The maximum Gasteiger partial charge on any atom is 0.318 e. The van der Waals surface area contributed by atoms with Gasteiger partial charge >= 0.3 is 6.01 Å². The van der Waals surface area contributed by atoms with Gasteiger partial charge in [0.15, 0.2) is 11.4 Å². The van der Waals surface area contributed by atoms with Crippen molar-refractivity contribution in [2.24, 2.45) is 0 Å². The maximum absolute atomic E-state index is 15.9. The first-order valence-corrected chi connectivity index (χ1v) is 13.9. The Bertz CT molecular complexity index is 1520. The maximum atomic E-state index is 15.9. The van der Waals surface area contributed by atoms with Crippen molar-refractivity contribution in [3.8, 4) is 17.1 Å². The van der Waals surface area contributed by atoms with Crippen LogP contribution in [0.5, 0.6) is 6.01 Å². The largest absolute Gasteiger partial charge is 0.467 e. The van der Waals surface area contributed by atoms with Crippen molar-refractivity contribution in [2.75, 3.05) is 57.1 Å². The Labute approximate surface area is 235 Å². The molecule has 0 amide bonds. The number of nitrogens with two attached hydrogens (primary N) is 1. The first-order chi connectivity index (χ1) is 19.4. The Morgan fingerprint density at radius 2 is 1.98 bits per heavy atom. The molecule has 5 heterocycles. The molecule has 3 aliphatic rings. The van der Waals surface area contributed by atoms with Crippen molar-refractivity contribution in [1.29, 1.82) is 0 Å². The van der Waals surface area contributed by atoms with Gasteiger partial charge in [-0.3, -0.25) is 4.90 Å². The van der Waals surface area contributed by atoms with Gasteiger partial charge in [0.25, 0.3) is 6.01 Å². The molecule has 4 aromatic rings. The van der Waals surface area contributed by atoms with E-state index in [0.717, 1.165) is 19.4 Å². The van der Waals surface area contributed by atoms with Gasteiger partial charge in [0, 0.05) is 48.8 Å². The molecule has 2 aromatic heterocycles. The van der Waals surface area contributed by atoms with Crippen LogP contribution in [0.3, 0.4) is 0 Å². The van der Waals surface area contributed by atoms with Gasteiger partial charge in [-0.1, -0.05) is 23.7 Å². The van der Waals surface area contributed by atoms with Crippen molar-refractivity contribution in [1.82, 2.24) is 19.9 Å². The number of anilines is 2. The lowest BCUT2D eigenvalue weighted by Gasteiger charge is -2.23. The van der Waals surface area contributed by atoms with E-state index in [1.54, 1.807) is 24.3 Å². The topological polar surface area (TPSA) is 103 Å². The van der Waals surface area contributed by atoms with Gasteiger partial charge in [-0.2, -0.15) is 15.0 Å². The van der Waals surface area contributed by atoms with Gasteiger partial charge in [-0.05, 0) is 44.4 Å². The number of para-hydroxylation sites is 1. The SMILES string of the molecule is COc1nc(N2CCCOCC2)c2cc(Cl)c(-c3cccc4oc(N)nc34)c(F)c2n1.FC1CC2CCCN2C1. The fraction of sp³-hybridized carbons (Fsp3) is 0.464. The van der Waals surface area contributed by atoms with Crippen LogP contribution in [0.25, 0.3) is 33.1 Å². The highest BCUT2D eigenvalue weighted by molar-refractivity contribution is 6.34. The van der Waals surface area contributed by atoms with E-state index >= 15 is 4.39 Å². The predicted molar refractivity (Wildman–Crippen MR) is 150 cm³/mol. The fourth-order valence-electron chi connectivity index (χ4n) is 5.89. The molecule has 7 rings (SSSR count). The Kier molecular flexibility index (Phi) is 7.61. The smallest absolute Gasteiger partial charge is 0.318 e. The van der Waals surface area contributed by atoms with Gasteiger partial charge < -0.3 is 24.5 Å². The van der Waals surface area contributed by atoms with Crippen LogP contribution in [0.15, 0.2) is 28.7 Å². The summed E-state index contributed by atoms with van der Waals surface area (Å²) in [5, 5.41) is 0.709. The van der Waals surface area contributed by atoms with E-state index in [1.807, 2.05) is 4.90 Å². The van der Waals surface area contributed by atoms with E-state index in [1.165, 1.54) is 20.0 Å². The molecule has 3 fully saturated rings. The van der Waals surface area contributed by atoms with Crippen molar-refractivity contribution in [3.05, 3.63) is 35.1 Å². The molecule has 9 nitrogen and oxygen atoms in total. The number of benzene rings is 2. The van der Waals surface area contributed by atoms with E-state index in [0.29, 0.717) is 66.8 Å². The van der Waals surface area contributed by atoms with Crippen LogP contribution in [0.2, 0.25) is 5.02 Å². The fourth-order valence-corrected chi connectivity index (χ4v) is 6.18. The average molecular weight is 573 g/mol. The molecule has 2 aromatic carbocycles. The third kappa shape index (κ3) is 5.13. The number of fused-ring (bicyclic) bond motifs is 3. The summed E-state index contributed by atoms with van der Waals surface area (Å²) in [5.74, 6) is -0.0341. The second-order valence-corrected chi connectivity index (χ2v) is 10.7. The minimum absolute atomic E-state index is 0.00515. The summed E-state index contributed by atoms with van der Waals surface area (Å²) in [7, 11) is 1.45. The highest BCUT2D eigenvalue weighted by Crippen LogP contribution is 2.41. The zero-order valence-corrected chi connectivity index (χ0v) is 23.0. The van der Waals surface area contributed by atoms with Crippen LogP contribution in [-0.2, 0) is 4.74 Å². The number of hydrogen-bond acceptors (Lipinski definition) is 9. The molecule has 0 spiro atoms. The second kappa shape index (κ2) is 11.3. The van der Waals surface area contributed by atoms with Crippen molar-refractivity contribution in [3.63, 3.8) is 0 Å². The average Bonchev–Trinajstić information content (AvgIpc) is 3.56. The van der Waals surface area contributed by atoms with E-state index in [4.69, 9.17) is 31.2 Å². The lowest BCUT2D eigenvalue weighted by Crippen LogP contribution is -2.27. The highest BCUT2D eigenvalue weighted by atomic mass is 35.5. The number of ether oxygens (including phenoxy) is 2. The number of hydrogen-bond donors (Lipinski definition) is 1. The third-order valence-electron chi connectivity index (χ3n) is 7.71. The number of aromatic nitrogens is 3. The van der Waals surface area contributed by atoms with E-state index in [9.17, 15) is 4.39 Å². The number of nitrogen functional groups attached to an aromatic ring is 1. The van der Waals surface area contributed by atoms with Gasteiger partial charge in [0.1, 0.15) is 23.0 Å². The number of oxazole rings is 1. The van der Waals surface area contributed by atoms with Crippen LogP contribution in [0, 0.1) is 5.82 Å². The Morgan fingerprint density at radius 1 is 1.10 bits per heavy atom. The summed E-state index contributed by atoms with van der Waals surface area (Å²) in [6.07, 6.45) is 3.64. The minimum Gasteiger partial charge on any atom is -0.467 e. The Morgan fingerprint density at radius 3 is 2.80 bits per heavy atom. The van der Waals surface area contributed by atoms with Crippen molar-refractivity contribution >= 4 is 45.4 Å². The Balaban J connectivity index is 0.000000271. The second-order valence-electron chi connectivity index (χ2n) is 10.3. The third-order valence-corrected chi connectivity index (χ3v) is 8.01. The summed E-state index contributed by atoms with van der Waals surface area (Å²) in [6, 6.07) is 7.51. The van der Waals surface area contributed by atoms with E-state index in [-0.39, 0.29) is 28.1 Å². The molecule has 0 aliphatic carbocycles. The van der Waals surface area contributed by atoms with Crippen molar-refractivity contribution in [2.45, 2.75) is 37.9 Å². The molecule has 212 valence electrons. The predicted octanol–water partition coefficient (Wildman–Crippen LogP) is 5.24. The molecular weight excluding hydrogens is 542 g/mol. The number of methoxy groups -OCH3 is 1. The summed E-state index contributed by atoms with van der Waals surface area (Å²) in [5.41, 5.74) is 7.30. The first kappa shape index (κ1) is 26.9. The lowest BCUT2D eigenvalue weighted by atomic mass is 10.0. The highest BCUT2D eigenvalue weighted by Gasteiger charge is 2.34. The van der Waals surface area contributed by atoms with Gasteiger partial charge in [0.05, 0.1) is 18.7 Å². The monoisotopic (exact) mass is 572 g/mol. The molecule has 2 N–H and O–H groups in total. The van der Waals surface area contributed by atoms with E-state index < -0.39 is 12.0 Å². The number of alkyl halides is 1. The first-order valence-electron chi connectivity index (χ1n) is 13.5. The Hall–Kier alpha value is -3.28. The zero-order chi connectivity index (χ0) is 27.8. The minimum atomic E-state index is -0.593. The van der Waals surface area contributed by atoms with Gasteiger partial charge in [-0.15, -0.1) is 0 Å². The van der Waals surface area contributed by atoms with Gasteiger partial charge in [-0.25, -0.2) is 8.78 Å². The summed E-state index contributed by atoms with van der Waals surface area (Å²) in [4.78, 5) is 17.3. The molecule has 2 unspecified atom stereocenters. The lowest BCUT2D eigenvalue weighted by molar-refractivity contribution is 0.152. The quantitative estimate of drug-likeness (QED) is 0.353. The normalized spacial score (nSPS) is 21.4. The molecular formula is C28H31ClF2N6O3. The summed E-state index contributed by atoms with van der Waals surface area (Å²) in [6.45, 7) is 4.41. The number of halogens is 3. The van der Waals surface area contributed by atoms with Crippen LogP contribution in [0.1, 0.15) is 25.7 Å². The molecule has 2 atom stereocenters. The standard InChI is InChI=1S/C21H19ClFN5O3.C7H12FN/c1-29-21-26-18-12(19(27-21)28-6-3-8-30-9-7-28)10-13(22)15(16(18)23)11-4-2-5-14-17(11)25-20(24)31-14;8-6-4-7-2-1-3-9(7)5-6/h2,4-5,10H,3,6-9H2,1H3,(H2,24,25);6-7H,1-5H2. The van der Waals surface area contributed by atoms with Crippen LogP contribution >= 0.6 is 11.6 Å². The molecule has 3 aliphatic heterocycles. The molecule has 40 heavy (non-hydrogen) atoms. The van der Waals surface area contributed by atoms with E-state index in [2.05, 4.69) is 19.9 Å². The molecule has 0 bridgehead atoms. The van der Waals surface area contributed by atoms with Crippen LogP contribution in [-0.4, -0.2) is 78.6 Å². The summed E-state index contributed by atoms with van der Waals surface area (Å²) < 4.78 is 44.7. The zero-order valence-electron chi connectivity index (χ0n) is 22.2. The molecule has 12 heteroatoms. The molecule has 0 saturated carbocycles.